The predicted molar refractivity (Wildman–Crippen MR) is 101 cm³/mol. The number of hydrogen-bond donors (Lipinski definition) is 1. The largest absolute Gasteiger partial charge is 0.462 e. The van der Waals surface area contributed by atoms with Crippen LogP contribution in [0.15, 0.2) is 12.3 Å². The highest BCUT2D eigenvalue weighted by molar-refractivity contribution is 7.17. The molecular weight excluding hydrogens is 399 g/mol. The van der Waals surface area contributed by atoms with Gasteiger partial charge in [-0.05, 0) is 26.8 Å². The Balaban J connectivity index is 1.94. The summed E-state index contributed by atoms with van der Waals surface area (Å²) in [5.41, 5.74) is 1.70. The van der Waals surface area contributed by atoms with Crippen LogP contribution in [0.2, 0.25) is 10.0 Å². The van der Waals surface area contributed by atoms with Crippen molar-refractivity contribution in [1.29, 1.82) is 0 Å². The van der Waals surface area contributed by atoms with Gasteiger partial charge >= 0.3 is 5.97 Å². The zero-order chi connectivity index (χ0) is 19.0. The van der Waals surface area contributed by atoms with E-state index in [1.807, 2.05) is 0 Å². The van der Waals surface area contributed by atoms with Crippen LogP contribution in [0.3, 0.4) is 0 Å². The maximum atomic E-state index is 12.7. The molecule has 3 aromatic heterocycles. The quantitative estimate of drug-likeness (QED) is 0.650. The predicted octanol–water partition coefficient (Wildman–Crippen LogP) is 4.14. The van der Waals surface area contributed by atoms with E-state index in [-0.39, 0.29) is 17.4 Å². The molecular formula is C16H14Cl2N4O3S. The van der Waals surface area contributed by atoms with E-state index in [0.29, 0.717) is 32.0 Å². The van der Waals surface area contributed by atoms with Crippen LogP contribution >= 0.6 is 34.5 Å². The number of imidazole rings is 1. The first-order valence-electron chi connectivity index (χ1n) is 7.61. The van der Waals surface area contributed by atoms with Crippen LogP contribution in [0.25, 0.3) is 5.65 Å². The first-order valence-corrected chi connectivity index (χ1v) is 9.18. The molecule has 0 aromatic carbocycles. The molecule has 3 aromatic rings. The molecule has 136 valence electrons. The van der Waals surface area contributed by atoms with Crippen molar-refractivity contribution in [3.05, 3.63) is 44.3 Å². The van der Waals surface area contributed by atoms with Crippen LogP contribution in [0, 0.1) is 13.8 Å². The lowest BCUT2D eigenvalue weighted by atomic mass is 10.3. The fraction of sp³-hybridized carbons (Fsp3) is 0.250. The van der Waals surface area contributed by atoms with Crippen LogP contribution in [0.1, 0.15) is 38.5 Å². The van der Waals surface area contributed by atoms with Crippen LogP contribution in [-0.4, -0.2) is 32.9 Å². The fourth-order valence-corrected chi connectivity index (χ4v) is 3.82. The third-order valence-electron chi connectivity index (χ3n) is 3.51. The number of rotatable bonds is 4. The van der Waals surface area contributed by atoms with Crippen molar-refractivity contribution in [3.8, 4) is 0 Å². The molecule has 7 nitrogen and oxygen atoms in total. The summed E-state index contributed by atoms with van der Waals surface area (Å²) in [6.45, 7) is 5.36. The summed E-state index contributed by atoms with van der Waals surface area (Å²) in [6, 6.07) is 1.56. The maximum absolute atomic E-state index is 12.7. The van der Waals surface area contributed by atoms with E-state index >= 15 is 0 Å². The number of nitrogens with one attached hydrogen (secondary N) is 1. The summed E-state index contributed by atoms with van der Waals surface area (Å²) >= 11 is 13.2. The third kappa shape index (κ3) is 3.40. The molecule has 0 bridgehead atoms. The van der Waals surface area contributed by atoms with E-state index in [9.17, 15) is 9.59 Å². The van der Waals surface area contributed by atoms with Gasteiger partial charge in [-0.15, -0.1) is 0 Å². The topological polar surface area (TPSA) is 85.6 Å². The Kier molecular flexibility index (Phi) is 5.17. The van der Waals surface area contributed by atoms with Crippen molar-refractivity contribution in [3.63, 3.8) is 0 Å². The molecule has 0 saturated heterocycles. The number of aromatic nitrogens is 3. The second-order valence-electron chi connectivity index (χ2n) is 5.35. The van der Waals surface area contributed by atoms with Crippen LogP contribution in [-0.2, 0) is 4.74 Å². The Labute approximate surface area is 162 Å². The second-order valence-corrected chi connectivity index (χ2v) is 7.20. The first kappa shape index (κ1) is 18.6. The normalized spacial score (nSPS) is 11.0. The second kappa shape index (κ2) is 7.22. The lowest BCUT2D eigenvalue weighted by molar-refractivity contribution is 0.0531. The van der Waals surface area contributed by atoms with Gasteiger partial charge in [-0.1, -0.05) is 34.5 Å². The molecule has 1 amide bonds. The smallest absolute Gasteiger partial charge is 0.350 e. The maximum Gasteiger partial charge on any atom is 0.350 e. The number of fused-ring (bicyclic) bond motifs is 1. The molecule has 0 aliphatic carbocycles. The Hall–Kier alpha value is -2.16. The molecule has 0 spiro atoms. The molecule has 0 radical (unpaired) electrons. The number of esters is 1. The Morgan fingerprint density at radius 3 is 2.69 bits per heavy atom. The zero-order valence-corrected chi connectivity index (χ0v) is 16.4. The van der Waals surface area contributed by atoms with Gasteiger partial charge in [0.1, 0.15) is 10.6 Å². The summed E-state index contributed by atoms with van der Waals surface area (Å²) in [6.07, 6.45) is 1.56. The van der Waals surface area contributed by atoms with Gasteiger partial charge in [0.25, 0.3) is 5.91 Å². The van der Waals surface area contributed by atoms with Gasteiger partial charge in [-0.3, -0.25) is 14.5 Å². The van der Waals surface area contributed by atoms with E-state index in [0.717, 1.165) is 11.3 Å². The van der Waals surface area contributed by atoms with Gasteiger partial charge in [-0.2, -0.15) is 0 Å². The number of halogens is 2. The van der Waals surface area contributed by atoms with Crippen molar-refractivity contribution in [2.45, 2.75) is 20.8 Å². The van der Waals surface area contributed by atoms with Crippen molar-refractivity contribution < 1.29 is 14.3 Å². The summed E-state index contributed by atoms with van der Waals surface area (Å²) in [7, 11) is 0. The van der Waals surface area contributed by atoms with E-state index in [1.54, 1.807) is 33.0 Å². The van der Waals surface area contributed by atoms with Gasteiger partial charge in [0, 0.05) is 6.20 Å². The molecule has 0 saturated carbocycles. The third-order valence-corrected chi connectivity index (χ3v) is 5.05. The molecule has 0 unspecified atom stereocenters. The number of carbonyl (C=O) groups excluding carboxylic acids is 2. The average molecular weight is 413 g/mol. The lowest BCUT2D eigenvalue weighted by Gasteiger charge is -2.04. The minimum Gasteiger partial charge on any atom is -0.462 e. The Morgan fingerprint density at radius 2 is 2.00 bits per heavy atom. The molecule has 26 heavy (non-hydrogen) atoms. The molecule has 3 rings (SSSR count). The molecule has 0 aliphatic rings. The van der Waals surface area contributed by atoms with Crippen LogP contribution < -0.4 is 5.32 Å². The van der Waals surface area contributed by atoms with Crippen molar-refractivity contribution in [1.82, 2.24) is 14.4 Å². The number of pyridine rings is 1. The number of hydrogen-bond acceptors (Lipinski definition) is 6. The molecule has 0 fully saturated rings. The van der Waals surface area contributed by atoms with E-state index in [2.05, 4.69) is 15.3 Å². The lowest BCUT2D eigenvalue weighted by Crippen LogP contribution is -2.15. The SMILES string of the molecule is CCOC(=O)c1sc(NC(=O)c2c(C)nc3c(Cl)cc(Cl)cn23)nc1C. The minimum absolute atomic E-state index is 0.264. The number of nitrogens with zero attached hydrogens (tertiary/aromatic N) is 3. The van der Waals surface area contributed by atoms with E-state index < -0.39 is 11.9 Å². The van der Waals surface area contributed by atoms with Gasteiger partial charge in [0.05, 0.1) is 28.0 Å². The highest BCUT2D eigenvalue weighted by Gasteiger charge is 2.22. The average Bonchev–Trinajstić information content (AvgIpc) is 3.07. The van der Waals surface area contributed by atoms with E-state index in [1.165, 1.54) is 4.40 Å². The zero-order valence-electron chi connectivity index (χ0n) is 14.1. The van der Waals surface area contributed by atoms with Gasteiger partial charge in [-0.25, -0.2) is 14.8 Å². The number of thiazole rings is 1. The summed E-state index contributed by atoms with van der Waals surface area (Å²) in [5, 5.41) is 3.70. The summed E-state index contributed by atoms with van der Waals surface area (Å²) in [4.78, 5) is 33.5. The molecule has 10 heteroatoms. The first-order chi connectivity index (χ1) is 12.3. The molecule has 3 heterocycles. The van der Waals surface area contributed by atoms with E-state index in [4.69, 9.17) is 27.9 Å². The number of amides is 1. The highest BCUT2D eigenvalue weighted by Crippen LogP contribution is 2.27. The molecule has 0 atom stereocenters. The monoisotopic (exact) mass is 412 g/mol. The van der Waals surface area contributed by atoms with Crippen molar-refractivity contribution in [2.24, 2.45) is 0 Å². The molecule has 1 N–H and O–H groups in total. The van der Waals surface area contributed by atoms with Gasteiger partial charge < -0.3 is 4.74 Å². The number of ether oxygens (including phenoxy) is 1. The van der Waals surface area contributed by atoms with Crippen molar-refractivity contribution >= 4 is 57.2 Å². The number of anilines is 1. The van der Waals surface area contributed by atoms with Crippen LogP contribution in [0.4, 0.5) is 5.13 Å². The van der Waals surface area contributed by atoms with Crippen LogP contribution in [0.5, 0.6) is 0 Å². The summed E-state index contributed by atoms with van der Waals surface area (Å²) in [5.74, 6) is -0.898. The summed E-state index contributed by atoms with van der Waals surface area (Å²) < 4.78 is 6.51. The van der Waals surface area contributed by atoms with Gasteiger partial charge in [0.15, 0.2) is 10.8 Å². The Morgan fingerprint density at radius 1 is 1.27 bits per heavy atom. The van der Waals surface area contributed by atoms with Gasteiger partial charge in [0.2, 0.25) is 0 Å². The van der Waals surface area contributed by atoms with Crippen molar-refractivity contribution in [2.75, 3.05) is 11.9 Å². The molecule has 0 aliphatic heterocycles. The standard InChI is InChI=1S/C16H14Cl2N4O3S/c1-4-25-15(24)12-8(3)20-16(26-12)21-14(23)11-7(2)19-13-10(18)5-9(17)6-22(11)13/h5-6H,4H2,1-3H3,(H,20,21,23). The highest BCUT2D eigenvalue weighted by atomic mass is 35.5. The fourth-order valence-electron chi connectivity index (χ4n) is 2.45. The number of aryl methyl sites for hydroxylation is 2. The minimum atomic E-state index is -0.465. The number of carbonyl (C=O) groups is 2. The Bertz CT molecular complexity index is 1030.